The third kappa shape index (κ3) is 3.03. The first-order chi connectivity index (χ1) is 14.1. The standard InChI is InChI=1S/C22H20FN5O/c1-14-24-25-26-28(14)19-9-10-20(21(23)13-19)22(29)27-17-7-8-18(27)12-16(11-17)15-5-3-2-4-6-15/h2-6,9-11,13,17-18H,7-8,12H2,1H3. The monoisotopic (exact) mass is 389 g/mol. The van der Waals surface area contributed by atoms with Crippen molar-refractivity contribution in [1.29, 1.82) is 0 Å². The third-order valence-electron chi connectivity index (χ3n) is 5.83. The van der Waals surface area contributed by atoms with Crippen LogP contribution in [0, 0.1) is 12.7 Å². The fourth-order valence-corrected chi connectivity index (χ4v) is 4.43. The molecule has 146 valence electrons. The summed E-state index contributed by atoms with van der Waals surface area (Å²) >= 11 is 0. The maximum absolute atomic E-state index is 14.9. The van der Waals surface area contributed by atoms with Crippen LogP contribution in [0.3, 0.4) is 0 Å². The molecule has 0 N–H and O–H groups in total. The molecule has 2 bridgehead atoms. The summed E-state index contributed by atoms with van der Waals surface area (Å²) in [5.41, 5.74) is 3.05. The van der Waals surface area contributed by atoms with Crippen LogP contribution in [0.4, 0.5) is 4.39 Å². The molecule has 1 fully saturated rings. The summed E-state index contributed by atoms with van der Waals surface area (Å²) in [7, 11) is 0. The van der Waals surface area contributed by atoms with Gasteiger partial charge in [0.15, 0.2) is 5.82 Å². The van der Waals surface area contributed by atoms with E-state index in [-0.39, 0.29) is 23.6 Å². The van der Waals surface area contributed by atoms with E-state index in [2.05, 4.69) is 33.7 Å². The Morgan fingerprint density at radius 1 is 1.14 bits per heavy atom. The molecule has 1 aromatic heterocycles. The number of aromatic nitrogens is 4. The van der Waals surface area contributed by atoms with Crippen LogP contribution >= 0.6 is 0 Å². The molecule has 6 nitrogen and oxygen atoms in total. The van der Waals surface area contributed by atoms with Gasteiger partial charge >= 0.3 is 0 Å². The second-order valence-electron chi connectivity index (χ2n) is 7.58. The number of hydrogen-bond donors (Lipinski definition) is 0. The number of benzene rings is 2. The number of rotatable bonds is 3. The van der Waals surface area contributed by atoms with Crippen molar-refractivity contribution < 1.29 is 9.18 Å². The Hall–Kier alpha value is -3.35. The average molecular weight is 389 g/mol. The Kier molecular flexibility index (Phi) is 4.23. The van der Waals surface area contributed by atoms with Gasteiger partial charge in [0.05, 0.1) is 17.3 Å². The van der Waals surface area contributed by atoms with Gasteiger partial charge in [-0.05, 0) is 59.9 Å². The average Bonchev–Trinajstić information content (AvgIpc) is 3.28. The smallest absolute Gasteiger partial charge is 0.257 e. The molecule has 7 heteroatoms. The summed E-state index contributed by atoms with van der Waals surface area (Å²) in [6.45, 7) is 1.74. The number of fused-ring (bicyclic) bond motifs is 2. The molecule has 0 spiro atoms. The van der Waals surface area contributed by atoms with Crippen LogP contribution in [0.1, 0.15) is 41.0 Å². The summed E-state index contributed by atoms with van der Waals surface area (Å²) in [6.07, 6.45) is 4.83. The van der Waals surface area contributed by atoms with Crippen LogP contribution in [0.25, 0.3) is 11.3 Å². The van der Waals surface area contributed by atoms with E-state index in [1.165, 1.54) is 28.0 Å². The number of carbonyl (C=O) groups is 1. The second-order valence-corrected chi connectivity index (χ2v) is 7.58. The van der Waals surface area contributed by atoms with E-state index in [0.717, 1.165) is 19.3 Å². The van der Waals surface area contributed by atoms with Crippen LogP contribution in [-0.2, 0) is 0 Å². The first kappa shape index (κ1) is 17.7. The van der Waals surface area contributed by atoms with Gasteiger partial charge in [-0.2, -0.15) is 4.68 Å². The number of halogens is 1. The largest absolute Gasteiger partial charge is 0.329 e. The molecule has 2 aliphatic heterocycles. The van der Waals surface area contributed by atoms with Gasteiger partial charge < -0.3 is 4.90 Å². The van der Waals surface area contributed by atoms with E-state index >= 15 is 0 Å². The molecular weight excluding hydrogens is 369 g/mol. The van der Waals surface area contributed by atoms with E-state index < -0.39 is 5.82 Å². The first-order valence-electron chi connectivity index (χ1n) is 9.75. The van der Waals surface area contributed by atoms with Crippen molar-refractivity contribution in [2.45, 2.75) is 38.3 Å². The van der Waals surface area contributed by atoms with Crippen LogP contribution in [-0.4, -0.2) is 43.1 Å². The van der Waals surface area contributed by atoms with Crippen molar-refractivity contribution in [3.05, 3.63) is 77.4 Å². The zero-order chi connectivity index (χ0) is 20.0. The summed E-state index contributed by atoms with van der Waals surface area (Å²) in [6, 6.07) is 14.9. The zero-order valence-electron chi connectivity index (χ0n) is 16.0. The van der Waals surface area contributed by atoms with Crippen molar-refractivity contribution in [3.63, 3.8) is 0 Å². The normalized spacial score (nSPS) is 20.6. The summed E-state index contributed by atoms with van der Waals surface area (Å²) in [5.74, 6) is -0.255. The number of hydrogen-bond acceptors (Lipinski definition) is 4. The van der Waals surface area contributed by atoms with E-state index in [0.29, 0.717) is 11.5 Å². The molecule has 1 saturated heterocycles. The van der Waals surface area contributed by atoms with Gasteiger partial charge in [-0.15, -0.1) is 5.10 Å². The van der Waals surface area contributed by atoms with Gasteiger partial charge in [0, 0.05) is 12.1 Å². The highest BCUT2D eigenvalue weighted by Crippen LogP contribution is 2.39. The second kappa shape index (κ2) is 6.92. The lowest BCUT2D eigenvalue weighted by atomic mass is 9.94. The molecule has 2 aromatic carbocycles. The molecular formula is C22H20FN5O. The SMILES string of the molecule is Cc1nnnn1-c1ccc(C(=O)N2C3C=C(c4ccccc4)CC2CC3)c(F)c1. The summed E-state index contributed by atoms with van der Waals surface area (Å²) < 4.78 is 16.3. The van der Waals surface area contributed by atoms with Gasteiger partial charge in [0.25, 0.3) is 5.91 Å². The number of aryl methyl sites for hydroxylation is 1. The van der Waals surface area contributed by atoms with Gasteiger partial charge in [-0.1, -0.05) is 36.4 Å². The Balaban J connectivity index is 1.43. The number of tetrazole rings is 1. The molecule has 0 saturated carbocycles. The van der Waals surface area contributed by atoms with E-state index in [9.17, 15) is 9.18 Å². The minimum atomic E-state index is -0.556. The van der Waals surface area contributed by atoms with Crippen molar-refractivity contribution in [2.24, 2.45) is 0 Å². The highest BCUT2D eigenvalue weighted by atomic mass is 19.1. The van der Waals surface area contributed by atoms with Gasteiger partial charge in [0.2, 0.25) is 0 Å². The fourth-order valence-electron chi connectivity index (χ4n) is 4.43. The number of nitrogens with zero attached hydrogens (tertiary/aromatic N) is 5. The Labute approximate surface area is 167 Å². The molecule has 2 aliphatic rings. The minimum Gasteiger partial charge on any atom is -0.329 e. The van der Waals surface area contributed by atoms with Gasteiger partial charge in [0.1, 0.15) is 5.82 Å². The molecule has 3 aromatic rings. The Morgan fingerprint density at radius 3 is 2.66 bits per heavy atom. The van der Waals surface area contributed by atoms with E-state index in [1.807, 2.05) is 23.1 Å². The highest BCUT2D eigenvalue weighted by Gasteiger charge is 2.40. The zero-order valence-corrected chi connectivity index (χ0v) is 16.0. The lowest BCUT2D eigenvalue weighted by Gasteiger charge is -2.34. The predicted molar refractivity (Wildman–Crippen MR) is 106 cm³/mol. The van der Waals surface area contributed by atoms with Crippen LogP contribution in [0.15, 0.2) is 54.6 Å². The molecule has 1 amide bonds. The number of amides is 1. The van der Waals surface area contributed by atoms with Crippen molar-refractivity contribution >= 4 is 11.5 Å². The summed E-state index contributed by atoms with van der Waals surface area (Å²) in [4.78, 5) is 15.1. The lowest BCUT2D eigenvalue weighted by molar-refractivity contribution is 0.0687. The van der Waals surface area contributed by atoms with E-state index in [1.54, 1.807) is 13.0 Å². The highest BCUT2D eigenvalue weighted by molar-refractivity contribution is 5.96. The van der Waals surface area contributed by atoms with Crippen molar-refractivity contribution in [1.82, 2.24) is 25.1 Å². The summed E-state index contributed by atoms with van der Waals surface area (Å²) in [5, 5.41) is 11.2. The quantitative estimate of drug-likeness (QED) is 0.687. The minimum absolute atomic E-state index is 0.0114. The maximum Gasteiger partial charge on any atom is 0.257 e. The van der Waals surface area contributed by atoms with Crippen LogP contribution < -0.4 is 0 Å². The fraction of sp³-hybridized carbons (Fsp3) is 0.273. The Bertz CT molecular complexity index is 1110. The van der Waals surface area contributed by atoms with Crippen LogP contribution in [0.5, 0.6) is 0 Å². The Morgan fingerprint density at radius 2 is 1.97 bits per heavy atom. The molecule has 0 radical (unpaired) electrons. The lowest BCUT2D eigenvalue weighted by Crippen LogP contribution is -2.43. The van der Waals surface area contributed by atoms with Crippen LogP contribution in [0.2, 0.25) is 0 Å². The topological polar surface area (TPSA) is 63.9 Å². The molecule has 5 rings (SSSR count). The maximum atomic E-state index is 14.9. The van der Waals surface area contributed by atoms with E-state index in [4.69, 9.17) is 0 Å². The number of carbonyl (C=O) groups excluding carboxylic acids is 1. The van der Waals surface area contributed by atoms with Gasteiger partial charge in [-0.3, -0.25) is 4.79 Å². The van der Waals surface area contributed by atoms with Crippen molar-refractivity contribution in [2.75, 3.05) is 0 Å². The third-order valence-corrected chi connectivity index (χ3v) is 5.83. The molecule has 3 heterocycles. The molecule has 2 atom stereocenters. The first-order valence-corrected chi connectivity index (χ1v) is 9.75. The molecule has 0 aliphatic carbocycles. The van der Waals surface area contributed by atoms with Crippen molar-refractivity contribution in [3.8, 4) is 5.69 Å². The van der Waals surface area contributed by atoms with Gasteiger partial charge in [-0.25, -0.2) is 4.39 Å². The molecule has 2 unspecified atom stereocenters. The predicted octanol–water partition coefficient (Wildman–Crippen LogP) is 3.57. The molecule has 29 heavy (non-hydrogen) atoms.